The van der Waals surface area contributed by atoms with Crippen LogP contribution in [0.4, 0.5) is 0 Å². The van der Waals surface area contributed by atoms with Gasteiger partial charge in [-0.3, -0.25) is 0 Å². The fourth-order valence-electron chi connectivity index (χ4n) is 2.66. The van der Waals surface area contributed by atoms with Crippen LogP contribution in [0.5, 0.6) is 11.5 Å². The molecule has 1 aromatic carbocycles. The Morgan fingerprint density at radius 2 is 1.95 bits per heavy atom. The second-order valence-corrected chi connectivity index (χ2v) is 5.40. The highest BCUT2D eigenvalue weighted by atomic mass is 35.5. The lowest BCUT2D eigenvalue weighted by Gasteiger charge is -2.14. The van der Waals surface area contributed by atoms with Crippen LogP contribution in [-0.2, 0) is 5.88 Å². The molecule has 0 atom stereocenters. The van der Waals surface area contributed by atoms with E-state index in [0.717, 1.165) is 36.0 Å². The quantitative estimate of drug-likeness (QED) is 0.670. The predicted octanol–water partition coefficient (Wildman–Crippen LogP) is 4.78. The van der Waals surface area contributed by atoms with Crippen LogP contribution in [0, 0.1) is 5.92 Å². The van der Waals surface area contributed by atoms with E-state index in [1.165, 1.54) is 25.7 Å². The van der Waals surface area contributed by atoms with Crippen LogP contribution in [-0.4, -0.2) is 13.2 Å². The molecule has 0 spiro atoms. The Bertz CT molecular complexity index is 386. The van der Waals surface area contributed by atoms with Crippen molar-refractivity contribution < 1.29 is 9.47 Å². The first-order valence-corrected chi connectivity index (χ1v) is 7.81. The molecular weight excluding hydrogens is 260 g/mol. The number of rotatable bonds is 7. The molecule has 0 N–H and O–H groups in total. The van der Waals surface area contributed by atoms with E-state index in [-0.39, 0.29) is 0 Å². The normalized spacial score (nSPS) is 15.7. The molecule has 0 amide bonds. The minimum absolute atomic E-state index is 0.502. The minimum atomic E-state index is 0.502. The van der Waals surface area contributed by atoms with Crippen LogP contribution in [0.2, 0.25) is 0 Å². The van der Waals surface area contributed by atoms with E-state index in [9.17, 15) is 0 Å². The summed E-state index contributed by atoms with van der Waals surface area (Å²) >= 11 is 5.85. The zero-order valence-corrected chi connectivity index (χ0v) is 12.4. The summed E-state index contributed by atoms with van der Waals surface area (Å²) in [5, 5.41) is 0. The van der Waals surface area contributed by atoms with E-state index >= 15 is 0 Å². The summed E-state index contributed by atoms with van der Waals surface area (Å²) in [7, 11) is 0. The second kappa shape index (κ2) is 7.64. The van der Waals surface area contributed by atoms with Crippen molar-refractivity contribution >= 4 is 11.6 Å². The predicted molar refractivity (Wildman–Crippen MR) is 79.2 cm³/mol. The van der Waals surface area contributed by atoms with E-state index in [1.54, 1.807) is 0 Å². The lowest BCUT2D eigenvalue weighted by molar-refractivity contribution is 0.255. The van der Waals surface area contributed by atoms with Gasteiger partial charge in [-0.2, -0.15) is 0 Å². The first-order chi connectivity index (χ1) is 9.33. The number of hydrogen-bond acceptors (Lipinski definition) is 2. The highest BCUT2D eigenvalue weighted by Crippen LogP contribution is 2.31. The lowest BCUT2D eigenvalue weighted by Crippen LogP contribution is -2.05. The number of ether oxygens (including phenoxy) is 2. The smallest absolute Gasteiger partial charge is 0.161 e. The Morgan fingerprint density at radius 3 is 2.63 bits per heavy atom. The molecule has 106 valence electrons. The highest BCUT2D eigenvalue weighted by molar-refractivity contribution is 6.17. The van der Waals surface area contributed by atoms with Gasteiger partial charge in [0.2, 0.25) is 0 Å². The van der Waals surface area contributed by atoms with Gasteiger partial charge in [0.15, 0.2) is 11.5 Å². The van der Waals surface area contributed by atoms with Crippen molar-refractivity contribution in [1.82, 2.24) is 0 Å². The van der Waals surface area contributed by atoms with Crippen molar-refractivity contribution in [2.75, 3.05) is 13.2 Å². The third-order valence-corrected chi connectivity index (χ3v) is 4.03. The minimum Gasteiger partial charge on any atom is -0.490 e. The molecule has 1 saturated carbocycles. The largest absolute Gasteiger partial charge is 0.490 e. The molecule has 1 aromatic rings. The molecule has 0 radical (unpaired) electrons. The van der Waals surface area contributed by atoms with E-state index in [4.69, 9.17) is 21.1 Å². The van der Waals surface area contributed by atoms with E-state index in [1.807, 2.05) is 25.1 Å². The van der Waals surface area contributed by atoms with Gasteiger partial charge < -0.3 is 9.47 Å². The van der Waals surface area contributed by atoms with Gasteiger partial charge in [-0.1, -0.05) is 31.7 Å². The number of benzene rings is 1. The zero-order valence-electron chi connectivity index (χ0n) is 11.7. The SMILES string of the molecule is CCOc1cc(CCl)ccc1OCCC1CCCC1. The first kappa shape index (κ1) is 14.5. The van der Waals surface area contributed by atoms with Crippen molar-refractivity contribution in [2.24, 2.45) is 5.92 Å². The van der Waals surface area contributed by atoms with Crippen LogP contribution >= 0.6 is 11.6 Å². The summed E-state index contributed by atoms with van der Waals surface area (Å²) in [6.07, 6.45) is 6.67. The monoisotopic (exact) mass is 282 g/mol. The van der Waals surface area contributed by atoms with Gasteiger partial charge in [0, 0.05) is 5.88 Å². The fraction of sp³-hybridized carbons (Fsp3) is 0.625. The van der Waals surface area contributed by atoms with Gasteiger partial charge in [-0.25, -0.2) is 0 Å². The average Bonchev–Trinajstić information content (AvgIpc) is 2.94. The summed E-state index contributed by atoms with van der Waals surface area (Å²) in [6.45, 7) is 3.41. The number of alkyl halides is 1. The third kappa shape index (κ3) is 4.31. The zero-order chi connectivity index (χ0) is 13.5. The molecule has 0 saturated heterocycles. The van der Waals surface area contributed by atoms with Crippen molar-refractivity contribution in [1.29, 1.82) is 0 Å². The molecule has 2 rings (SSSR count). The molecular formula is C16H23ClO2. The van der Waals surface area contributed by atoms with E-state index in [2.05, 4.69) is 0 Å². The Balaban J connectivity index is 1.90. The summed E-state index contributed by atoms with van der Waals surface area (Å²) in [5.41, 5.74) is 1.06. The lowest BCUT2D eigenvalue weighted by atomic mass is 10.1. The maximum atomic E-state index is 5.88. The van der Waals surface area contributed by atoms with Crippen LogP contribution in [0.15, 0.2) is 18.2 Å². The molecule has 3 heteroatoms. The summed E-state index contributed by atoms with van der Waals surface area (Å²) < 4.78 is 11.5. The van der Waals surface area contributed by atoms with Gasteiger partial charge in [0.05, 0.1) is 13.2 Å². The molecule has 2 nitrogen and oxygen atoms in total. The molecule has 19 heavy (non-hydrogen) atoms. The standard InChI is InChI=1S/C16H23ClO2/c1-2-18-16-11-14(12-17)7-8-15(16)19-10-9-13-5-3-4-6-13/h7-8,11,13H,2-6,9-10,12H2,1H3. The average molecular weight is 283 g/mol. The molecule has 1 aliphatic carbocycles. The first-order valence-electron chi connectivity index (χ1n) is 7.28. The molecule has 1 fully saturated rings. The van der Waals surface area contributed by atoms with Gasteiger partial charge >= 0.3 is 0 Å². The van der Waals surface area contributed by atoms with Crippen LogP contribution in [0.1, 0.15) is 44.6 Å². The second-order valence-electron chi connectivity index (χ2n) is 5.14. The molecule has 0 heterocycles. The molecule has 0 unspecified atom stereocenters. The Kier molecular flexibility index (Phi) is 5.84. The third-order valence-electron chi connectivity index (χ3n) is 3.72. The van der Waals surface area contributed by atoms with Gasteiger partial charge in [0.1, 0.15) is 0 Å². The van der Waals surface area contributed by atoms with Crippen molar-refractivity contribution in [3.63, 3.8) is 0 Å². The summed E-state index contributed by atoms with van der Waals surface area (Å²) in [4.78, 5) is 0. The molecule has 0 aliphatic heterocycles. The highest BCUT2D eigenvalue weighted by Gasteiger charge is 2.15. The van der Waals surface area contributed by atoms with Crippen molar-refractivity contribution in [3.8, 4) is 11.5 Å². The van der Waals surface area contributed by atoms with E-state index < -0.39 is 0 Å². The van der Waals surface area contributed by atoms with Crippen LogP contribution < -0.4 is 9.47 Å². The fourth-order valence-corrected chi connectivity index (χ4v) is 2.82. The Hall–Kier alpha value is -0.890. The van der Waals surface area contributed by atoms with E-state index in [0.29, 0.717) is 12.5 Å². The summed E-state index contributed by atoms with van der Waals surface area (Å²) in [6, 6.07) is 5.94. The van der Waals surface area contributed by atoms with Gasteiger partial charge in [-0.15, -0.1) is 11.6 Å². The number of hydrogen-bond donors (Lipinski definition) is 0. The van der Waals surface area contributed by atoms with Crippen LogP contribution in [0.3, 0.4) is 0 Å². The Labute approximate surface area is 121 Å². The Morgan fingerprint density at radius 1 is 1.16 bits per heavy atom. The van der Waals surface area contributed by atoms with Crippen LogP contribution in [0.25, 0.3) is 0 Å². The number of halogens is 1. The topological polar surface area (TPSA) is 18.5 Å². The summed E-state index contributed by atoms with van der Waals surface area (Å²) in [5.74, 6) is 3.01. The maximum Gasteiger partial charge on any atom is 0.161 e. The van der Waals surface area contributed by atoms with Crippen molar-refractivity contribution in [2.45, 2.75) is 44.9 Å². The van der Waals surface area contributed by atoms with Gasteiger partial charge in [0.25, 0.3) is 0 Å². The van der Waals surface area contributed by atoms with Gasteiger partial charge in [-0.05, 0) is 37.0 Å². The van der Waals surface area contributed by atoms with Crippen molar-refractivity contribution in [3.05, 3.63) is 23.8 Å². The molecule has 1 aliphatic rings. The maximum absolute atomic E-state index is 5.88. The molecule has 0 bridgehead atoms. The molecule has 0 aromatic heterocycles.